The predicted molar refractivity (Wildman–Crippen MR) is 90.1 cm³/mol. The summed E-state index contributed by atoms with van der Waals surface area (Å²) in [6.07, 6.45) is 6.99. The second-order valence-electron chi connectivity index (χ2n) is 6.09. The van der Waals surface area contributed by atoms with E-state index in [-0.39, 0.29) is 13.2 Å². The van der Waals surface area contributed by atoms with Crippen LogP contribution in [0.2, 0.25) is 0 Å². The lowest BCUT2D eigenvalue weighted by atomic mass is 9.94. The maximum atomic E-state index is 9.13. The summed E-state index contributed by atoms with van der Waals surface area (Å²) in [4.78, 5) is 0. The molecule has 4 heteroatoms. The van der Waals surface area contributed by atoms with Crippen molar-refractivity contribution in [3.8, 4) is 5.75 Å². The lowest BCUT2D eigenvalue weighted by Crippen LogP contribution is -2.47. The van der Waals surface area contributed by atoms with Crippen LogP contribution < -0.4 is 10.5 Å². The molecule has 0 aliphatic carbocycles. The van der Waals surface area contributed by atoms with Crippen molar-refractivity contribution in [2.45, 2.75) is 57.4 Å². The molecule has 0 bridgehead atoms. The van der Waals surface area contributed by atoms with Crippen molar-refractivity contribution in [2.75, 3.05) is 19.8 Å². The normalized spacial score (nSPS) is 11.6. The third-order valence-corrected chi connectivity index (χ3v) is 3.96. The molecule has 1 aromatic carbocycles. The van der Waals surface area contributed by atoms with Gasteiger partial charge in [-0.05, 0) is 43.4 Å². The Hall–Kier alpha value is -1.10. The summed E-state index contributed by atoms with van der Waals surface area (Å²) in [6.45, 7) is 2.61. The fourth-order valence-corrected chi connectivity index (χ4v) is 2.28. The van der Waals surface area contributed by atoms with Crippen LogP contribution in [-0.4, -0.2) is 35.6 Å². The Balaban J connectivity index is 2.19. The van der Waals surface area contributed by atoms with E-state index in [4.69, 9.17) is 20.7 Å². The van der Waals surface area contributed by atoms with Crippen molar-refractivity contribution in [3.63, 3.8) is 0 Å². The topological polar surface area (TPSA) is 75.7 Å². The van der Waals surface area contributed by atoms with E-state index in [0.717, 1.165) is 50.9 Å². The molecule has 0 aliphatic rings. The van der Waals surface area contributed by atoms with Crippen molar-refractivity contribution >= 4 is 0 Å². The summed E-state index contributed by atoms with van der Waals surface area (Å²) in [5.41, 5.74) is 6.33. The Kier molecular flexibility index (Phi) is 9.13. The van der Waals surface area contributed by atoms with Crippen molar-refractivity contribution < 1.29 is 14.9 Å². The van der Waals surface area contributed by atoms with E-state index >= 15 is 0 Å². The molecule has 1 aromatic rings. The third-order valence-electron chi connectivity index (χ3n) is 3.96. The SMILES string of the molecule is CCCCOc1ccc(CCCCCC(N)(CO)CO)cc1. The lowest BCUT2D eigenvalue weighted by Gasteiger charge is -2.24. The molecule has 0 aliphatic heterocycles. The highest BCUT2D eigenvalue weighted by atomic mass is 16.5. The largest absolute Gasteiger partial charge is 0.494 e. The monoisotopic (exact) mass is 309 g/mol. The smallest absolute Gasteiger partial charge is 0.119 e. The van der Waals surface area contributed by atoms with Crippen LogP contribution in [-0.2, 0) is 6.42 Å². The van der Waals surface area contributed by atoms with Crippen LogP contribution in [0.1, 0.15) is 51.0 Å². The molecule has 4 N–H and O–H groups in total. The van der Waals surface area contributed by atoms with Crippen LogP contribution >= 0.6 is 0 Å². The van der Waals surface area contributed by atoms with Crippen LogP contribution in [0.5, 0.6) is 5.75 Å². The molecular formula is C18H31NO3. The van der Waals surface area contributed by atoms with E-state index in [1.807, 2.05) is 12.1 Å². The van der Waals surface area contributed by atoms with E-state index < -0.39 is 5.54 Å². The molecule has 0 fully saturated rings. The van der Waals surface area contributed by atoms with Crippen LogP contribution in [0.3, 0.4) is 0 Å². The van der Waals surface area contributed by atoms with Gasteiger partial charge >= 0.3 is 0 Å². The Morgan fingerprint density at radius 1 is 1.00 bits per heavy atom. The molecule has 0 saturated carbocycles. The molecule has 0 atom stereocenters. The van der Waals surface area contributed by atoms with E-state index in [9.17, 15) is 0 Å². The molecule has 0 spiro atoms. The molecule has 0 radical (unpaired) electrons. The number of ether oxygens (including phenoxy) is 1. The van der Waals surface area contributed by atoms with E-state index in [1.165, 1.54) is 5.56 Å². The van der Waals surface area contributed by atoms with Gasteiger partial charge < -0.3 is 20.7 Å². The van der Waals surface area contributed by atoms with Gasteiger partial charge in [-0.1, -0.05) is 38.3 Å². The molecule has 1 rings (SSSR count). The summed E-state index contributed by atoms with van der Waals surface area (Å²) in [6, 6.07) is 8.31. The summed E-state index contributed by atoms with van der Waals surface area (Å²) in [5.74, 6) is 0.941. The second-order valence-corrected chi connectivity index (χ2v) is 6.09. The van der Waals surface area contributed by atoms with Gasteiger partial charge in [0.2, 0.25) is 0 Å². The van der Waals surface area contributed by atoms with Gasteiger partial charge in [0.15, 0.2) is 0 Å². The van der Waals surface area contributed by atoms with Gasteiger partial charge in [-0.15, -0.1) is 0 Å². The molecule has 0 heterocycles. The molecular weight excluding hydrogens is 278 g/mol. The van der Waals surface area contributed by atoms with Gasteiger partial charge in [-0.2, -0.15) is 0 Å². The van der Waals surface area contributed by atoms with Gasteiger partial charge in [-0.3, -0.25) is 0 Å². The Bertz CT molecular complexity index is 388. The average Bonchev–Trinajstić information content (AvgIpc) is 2.56. The first-order valence-corrected chi connectivity index (χ1v) is 8.36. The fourth-order valence-electron chi connectivity index (χ4n) is 2.28. The van der Waals surface area contributed by atoms with Gasteiger partial charge in [0, 0.05) is 0 Å². The number of nitrogens with two attached hydrogens (primary N) is 1. The number of unbranched alkanes of at least 4 members (excludes halogenated alkanes) is 3. The summed E-state index contributed by atoms with van der Waals surface area (Å²) < 4.78 is 5.65. The summed E-state index contributed by atoms with van der Waals surface area (Å²) in [5, 5.41) is 18.3. The quantitative estimate of drug-likeness (QED) is 0.519. The van der Waals surface area contributed by atoms with E-state index in [2.05, 4.69) is 19.1 Å². The zero-order valence-corrected chi connectivity index (χ0v) is 13.8. The third kappa shape index (κ3) is 7.25. The summed E-state index contributed by atoms with van der Waals surface area (Å²) >= 11 is 0. The van der Waals surface area contributed by atoms with E-state index in [0.29, 0.717) is 6.42 Å². The number of hydrogen-bond donors (Lipinski definition) is 3. The van der Waals surface area contributed by atoms with Crippen molar-refractivity contribution in [2.24, 2.45) is 5.73 Å². The number of hydrogen-bond acceptors (Lipinski definition) is 4. The van der Waals surface area contributed by atoms with Gasteiger partial charge in [0.1, 0.15) is 5.75 Å². The molecule has 0 aromatic heterocycles. The van der Waals surface area contributed by atoms with Gasteiger partial charge in [0.25, 0.3) is 0 Å². The van der Waals surface area contributed by atoms with Crippen LogP contribution in [0.25, 0.3) is 0 Å². The molecule has 0 unspecified atom stereocenters. The number of aliphatic hydroxyl groups excluding tert-OH is 2. The molecule has 0 saturated heterocycles. The zero-order valence-electron chi connectivity index (χ0n) is 13.8. The highest BCUT2D eigenvalue weighted by molar-refractivity contribution is 5.27. The Morgan fingerprint density at radius 3 is 2.27 bits per heavy atom. The van der Waals surface area contributed by atoms with E-state index in [1.54, 1.807) is 0 Å². The molecule has 0 amide bonds. The maximum Gasteiger partial charge on any atom is 0.119 e. The maximum absolute atomic E-state index is 9.13. The fraction of sp³-hybridized carbons (Fsp3) is 0.667. The van der Waals surface area contributed by atoms with Gasteiger partial charge in [-0.25, -0.2) is 0 Å². The highest BCUT2D eigenvalue weighted by Crippen LogP contribution is 2.16. The summed E-state index contributed by atoms with van der Waals surface area (Å²) in [7, 11) is 0. The number of aryl methyl sites for hydroxylation is 1. The lowest BCUT2D eigenvalue weighted by molar-refractivity contribution is 0.112. The van der Waals surface area contributed by atoms with Crippen LogP contribution in [0.4, 0.5) is 0 Å². The Morgan fingerprint density at radius 2 is 1.68 bits per heavy atom. The van der Waals surface area contributed by atoms with Crippen molar-refractivity contribution in [1.29, 1.82) is 0 Å². The van der Waals surface area contributed by atoms with Crippen molar-refractivity contribution in [1.82, 2.24) is 0 Å². The van der Waals surface area contributed by atoms with Gasteiger partial charge in [0.05, 0.1) is 25.4 Å². The van der Waals surface area contributed by atoms with Crippen molar-refractivity contribution in [3.05, 3.63) is 29.8 Å². The number of benzene rings is 1. The number of rotatable bonds is 12. The molecule has 126 valence electrons. The first kappa shape index (κ1) is 18.9. The minimum Gasteiger partial charge on any atom is -0.494 e. The molecule has 4 nitrogen and oxygen atoms in total. The average molecular weight is 309 g/mol. The standard InChI is InChI=1S/C18H31NO3/c1-2-3-13-22-17-10-8-16(9-11-17)7-5-4-6-12-18(19,14-20)15-21/h8-11,20-21H,2-7,12-15,19H2,1H3. The zero-order chi connectivity index (χ0) is 16.3. The predicted octanol–water partition coefficient (Wildman–Crippen LogP) is 2.65. The van der Waals surface area contributed by atoms with Crippen LogP contribution in [0, 0.1) is 0 Å². The first-order valence-electron chi connectivity index (χ1n) is 8.36. The second kappa shape index (κ2) is 10.6. The number of aliphatic hydroxyl groups is 2. The Labute approximate surface area is 134 Å². The highest BCUT2D eigenvalue weighted by Gasteiger charge is 2.21. The minimum absolute atomic E-state index is 0.164. The van der Waals surface area contributed by atoms with Crippen LogP contribution in [0.15, 0.2) is 24.3 Å². The minimum atomic E-state index is -0.822. The molecule has 22 heavy (non-hydrogen) atoms. The first-order chi connectivity index (χ1) is 10.6.